The van der Waals surface area contributed by atoms with Crippen LogP contribution in [0.5, 0.6) is 0 Å². The molecule has 0 aliphatic carbocycles. The van der Waals surface area contributed by atoms with Gasteiger partial charge < -0.3 is 0 Å². The van der Waals surface area contributed by atoms with Crippen molar-refractivity contribution in [2.75, 3.05) is 0 Å². The lowest BCUT2D eigenvalue weighted by Crippen LogP contribution is -1.61. The minimum atomic E-state index is 1.35. The first-order chi connectivity index (χ1) is 3.30. The molecule has 0 spiro atoms. The molecular formula is C6H7S. The van der Waals surface area contributed by atoms with E-state index >= 15 is 0 Å². The van der Waals surface area contributed by atoms with E-state index in [0.717, 1.165) is 0 Å². The van der Waals surface area contributed by atoms with E-state index in [1.807, 2.05) is 6.07 Å². The molecule has 0 saturated heterocycles. The SMILES string of the molecule is Cc1c[c]sc1C. The zero-order valence-electron chi connectivity index (χ0n) is 4.49. The topological polar surface area (TPSA) is 0 Å². The summed E-state index contributed by atoms with van der Waals surface area (Å²) in [6, 6.07) is 2.01. The van der Waals surface area contributed by atoms with E-state index < -0.39 is 0 Å². The average Bonchev–Trinajstić information content (AvgIpc) is 1.91. The van der Waals surface area contributed by atoms with Gasteiger partial charge >= 0.3 is 0 Å². The first kappa shape index (κ1) is 4.85. The Bertz CT molecular complexity index is 136. The lowest BCUT2D eigenvalue weighted by Gasteiger charge is -1.79. The molecule has 37 valence electrons. The molecule has 1 rings (SSSR count). The summed E-state index contributed by atoms with van der Waals surface area (Å²) in [6.45, 7) is 4.21. The first-order valence-corrected chi connectivity index (χ1v) is 3.05. The smallest absolute Gasteiger partial charge is 0.0448 e. The Kier molecular flexibility index (Phi) is 1.15. The van der Waals surface area contributed by atoms with E-state index in [1.54, 1.807) is 11.3 Å². The summed E-state index contributed by atoms with van der Waals surface area (Å²) in [5.41, 5.74) is 1.35. The number of rotatable bonds is 0. The van der Waals surface area contributed by atoms with Gasteiger partial charge in [-0.25, -0.2) is 0 Å². The lowest BCUT2D eigenvalue weighted by molar-refractivity contribution is 1.44. The Morgan fingerprint density at radius 3 is 2.43 bits per heavy atom. The van der Waals surface area contributed by atoms with E-state index in [4.69, 9.17) is 0 Å². The predicted molar refractivity (Wildman–Crippen MR) is 32.6 cm³/mol. The van der Waals surface area contributed by atoms with Crippen LogP contribution in [0.3, 0.4) is 0 Å². The summed E-state index contributed by atoms with van der Waals surface area (Å²) in [5.74, 6) is 0. The average molecular weight is 111 g/mol. The quantitative estimate of drug-likeness (QED) is 0.481. The minimum absolute atomic E-state index is 1.35. The Labute approximate surface area is 47.8 Å². The zero-order valence-corrected chi connectivity index (χ0v) is 5.30. The molecular weight excluding hydrogens is 104 g/mol. The van der Waals surface area contributed by atoms with Crippen molar-refractivity contribution in [1.29, 1.82) is 0 Å². The summed E-state index contributed by atoms with van der Waals surface area (Å²) >= 11 is 1.68. The third-order valence-corrected chi connectivity index (χ3v) is 1.91. The Morgan fingerprint density at radius 2 is 2.29 bits per heavy atom. The van der Waals surface area contributed by atoms with Gasteiger partial charge in [0.1, 0.15) is 0 Å². The van der Waals surface area contributed by atoms with Crippen molar-refractivity contribution < 1.29 is 0 Å². The highest BCUT2D eigenvalue weighted by Crippen LogP contribution is 2.11. The first-order valence-electron chi connectivity index (χ1n) is 2.24. The predicted octanol–water partition coefficient (Wildman–Crippen LogP) is 2.17. The van der Waals surface area contributed by atoms with Crippen molar-refractivity contribution in [3.05, 3.63) is 21.9 Å². The van der Waals surface area contributed by atoms with Gasteiger partial charge in [0.05, 0.1) is 0 Å². The molecule has 0 fully saturated rings. The molecule has 0 amide bonds. The standard InChI is InChI=1S/C6H7S/c1-5-3-4-7-6(5)2/h3H,1-2H3. The van der Waals surface area contributed by atoms with Crippen molar-refractivity contribution in [2.45, 2.75) is 13.8 Å². The van der Waals surface area contributed by atoms with Gasteiger partial charge in [-0.05, 0) is 25.5 Å². The van der Waals surface area contributed by atoms with E-state index in [2.05, 4.69) is 19.2 Å². The highest BCUT2D eigenvalue weighted by molar-refractivity contribution is 7.09. The molecule has 1 aromatic rings. The summed E-state index contributed by atoms with van der Waals surface area (Å²) in [4.78, 5) is 1.38. The second kappa shape index (κ2) is 1.66. The fraction of sp³-hybridized carbons (Fsp3) is 0.333. The van der Waals surface area contributed by atoms with Crippen molar-refractivity contribution >= 4 is 11.3 Å². The normalized spacial score (nSPS) is 9.43. The molecule has 0 bridgehead atoms. The second-order valence-electron chi connectivity index (χ2n) is 1.60. The number of aryl methyl sites for hydroxylation is 2. The fourth-order valence-corrected chi connectivity index (χ4v) is 1.02. The molecule has 0 aromatic carbocycles. The van der Waals surface area contributed by atoms with Gasteiger partial charge in [0.2, 0.25) is 0 Å². The maximum atomic E-state index is 3.04. The molecule has 0 saturated carbocycles. The highest BCUT2D eigenvalue weighted by atomic mass is 32.1. The maximum absolute atomic E-state index is 3.04. The van der Waals surface area contributed by atoms with Gasteiger partial charge in [0.15, 0.2) is 0 Å². The van der Waals surface area contributed by atoms with Crippen molar-refractivity contribution in [3.63, 3.8) is 0 Å². The molecule has 0 aliphatic heterocycles. The van der Waals surface area contributed by atoms with E-state index in [1.165, 1.54) is 10.4 Å². The van der Waals surface area contributed by atoms with E-state index in [9.17, 15) is 0 Å². The molecule has 0 atom stereocenters. The number of thiophene rings is 1. The van der Waals surface area contributed by atoms with Crippen molar-refractivity contribution in [1.82, 2.24) is 0 Å². The van der Waals surface area contributed by atoms with Crippen LogP contribution in [0.15, 0.2) is 6.07 Å². The summed E-state index contributed by atoms with van der Waals surface area (Å²) in [6.07, 6.45) is 0. The van der Waals surface area contributed by atoms with E-state index in [-0.39, 0.29) is 0 Å². The monoisotopic (exact) mass is 111 g/mol. The molecule has 1 heteroatoms. The number of hydrogen-bond acceptors (Lipinski definition) is 1. The molecule has 0 unspecified atom stereocenters. The molecule has 0 N–H and O–H groups in total. The third kappa shape index (κ3) is 0.829. The van der Waals surface area contributed by atoms with Crippen LogP contribution in [0, 0.1) is 19.2 Å². The Balaban J connectivity index is 3.12. The van der Waals surface area contributed by atoms with Crippen LogP contribution in [0.4, 0.5) is 0 Å². The third-order valence-electron chi connectivity index (χ3n) is 1.04. The minimum Gasteiger partial charge on any atom is -0.139 e. The summed E-state index contributed by atoms with van der Waals surface area (Å²) in [5, 5.41) is 3.04. The molecule has 1 aromatic heterocycles. The molecule has 1 radical (unpaired) electrons. The van der Waals surface area contributed by atoms with Crippen LogP contribution in [0.2, 0.25) is 0 Å². The summed E-state index contributed by atoms with van der Waals surface area (Å²) in [7, 11) is 0. The molecule has 0 aliphatic rings. The fourth-order valence-electron chi connectivity index (χ4n) is 0.388. The highest BCUT2D eigenvalue weighted by Gasteiger charge is 1.87. The van der Waals surface area contributed by atoms with Gasteiger partial charge in [-0.1, -0.05) is 0 Å². The largest absolute Gasteiger partial charge is 0.139 e. The van der Waals surface area contributed by atoms with Crippen molar-refractivity contribution in [2.24, 2.45) is 0 Å². The van der Waals surface area contributed by atoms with Crippen LogP contribution in [0.25, 0.3) is 0 Å². The summed E-state index contributed by atoms with van der Waals surface area (Å²) < 4.78 is 0. The zero-order chi connectivity index (χ0) is 5.28. The Hall–Kier alpha value is -0.300. The molecule has 1 heterocycles. The van der Waals surface area contributed by atoms with Crippen LogP contribution >= 0.6 is 11.3 Å². The van der Waals surface area contributed by atoms with Crippen LogP contribution < -0.4 is 0 Å². The Morgan fingerprint density at radius 1 is 1.57 bits per heavy atom. The van der Waals surface area contributed by atoms with Crippen LogP contribution in [0.1, 0.15) is 10.4 Å². The molecule has 0 nitrogen and oxygen atoms in total. The van der Waals surface area contributed by atoms with Gasteiger partial charge in [0.25, 0.3) is 0 Å². The van der Waals surface area contributed by atoms with Crippen LogP contribution in [-0.2, 0) is 0 Å². The molecule has 7 heavy (non-hydrogen) atoms. The van der Waals surface area contributed by atoms with Crippen molar-refractivity contribution in [3.8, 4) is 0 Å². The maximum Gasteiger partial charge on any atom is 0.0448 e. The second-order valence-corrected chi connectivity index (χ2v) is 2.66. The van der Waals surface area contributed by atoms with Gasteiger partial charge in [0, 0.05) is 10.3 Å². The van der Waals surface area contributed by atoms with Gasteiger partial charge in [-0.3, -0.25) is 0 Å². The lowest BCUT2D eigenvalue weighted by atomic mass is 10.3. The van der Waals surface area contributed by atoms with E-state index in [0.29, 0.717) is 0 Å². The van der Waals surface area contributed by atoms with Gasteiger partial charge in [-0.15, -0.1) is 11.3 Å². The number of hydrogen-bond donors (Lipinski definition) is 0. The van der Waals surface area contributed by atoms with Gasteiger partial charge in [-0.2, -0.15) is 0 Å². The van der Waals surface area contributed by atoms with Crippen LogP contribution in [-0.4, -0.2) is 0 Å².